The molecule has 0 aliphatic heterocycles. The topological polar surface area (TPSA) is 40.6 Å². The first-order valence-corrected chi connectivity index (χ1v) is 27.7. The number of hydrogen-bond donors (Lipinski definition) is 0. The summed E-state index contributed by atoms with van der Waals surface area (Å²) < 4.78 is 7.45. The van der Waals surface area contributed by atoms with Crippen LogP contribution in [0.4, 0.5) is 0 Å². The smallest absolute Gasteiger partial charge is 0.160 e. The molecule has 0 aliphatic carbocycles. The number of fused-ring (bicyclic) bond motifs is 9. The summed E-state index contributed by atoms with van der Waals surface area (Å²) in [7, 11) is 0. The minimum absolute atomic E-state index is 0.627. The van der Waals surface area contributed by atoms with Gasteiger partial charge in [0, 0.05) is 71.3 Å². The summed E-state index contributed by atoms with van der Waals surface area (Å²) >= 11 is 0. The number of para-hydroxylation sites is 7. The highest BCUT2D eigenvalue weighted by atomic mass is 15.0. The van der Waals surface area contributed by atoms with Gasteiger partial charge in [-0.05, 0) is 83.9 Å². The van der Waals surface area contributed by atoms with E-state index in [1.54, 1.807) is 0 Å². The van der Waals surface area contributed by atoms with Crippen molar-refractivity contribution in [3.63, 3.8) is 0 Å². The standard InChI is InChI=1S/C76H49N5/c1-4-24-50(25-5-1)53-44-45-74-62(46-53)59-34-14-23-43-73(59)81(74)75-63(60-35-15-21-41-71(60)79-67-37-17-10-30-55(67)56-31-11-18-38-68(56)79)47-54(76-77-65(51-26-6-2-7-27-51)49-66(78-76)52-28-8-3-9-29-52)48-64(75)61-36-16-22-42-72(61)80-69-39-19-12-32-57(69)58-33-13-20-40-70(58)80/h1-49H. The maximum atomic E-state index is 5.58. The first-order chi connectivity index (χ1) is 40.2. The lowest BCUT2D eigenvalue weighted by molar-refractivity contribution is 1.15. The third kappa shape index (κ3) is 7.55. The van der Waals surface area contributed by atoms with Crippen LogP contribution in [0.5, 0.6) is 0 Å². The van der Waals surface area contributed by atoms with Crippen molar-refractivity contribution < 1.29 is 0 Å². The highest BCUT2D eigenvalue weighted by Crippen LogP contribution is 2.48. The molecule has 0 unspecified atom stereocenters. The number of hydrogen-bond acceptors (Lipinski definition) is 2. The molecule has 0 aliphatic rings. The summed E-state index contributed by atoms with van der Waals surface area (Å²) in [6, 6.07) is 108. The van der Waals surface area contributed by atoms with E-state index in [0.29, 0.717) is 5.82 Å². The second kappa shape index (κ2) is 18.9. The molecule has 0 N–H and O–H groups in total. The van der Waals surface area contributed by atoms with E-state index >= 15 is 0 Å². The molecule has 12 aromatic carbocycles. The van der Waals surface area contributed by atoms with Crippen LogP contribution in [-0.2, 0) is 0 Å². The Morgan fingerprint density at radius 3 is 1.00 bits per heavy atom. The van der Waals surface area contributed by atoms with Gasteiger partial charge in [-0.1, -0.05) is 224 Å². The monoisotopic (exact) mass is 1030 g/mol. The highest BCUT2D eigenvalue weighted by molar-refractivity contribution is 6.14. The van der Waals surface area contributed by atoms with Crippen LogP contribution in [0.2, 0.25) is 0 Å². The molecule has 0 radical (unpaired) electrons. The maximum Gasteiger partial charge on any atom is 0.160 e. The molecule has 0 saturated heterocycles. The Balaban J connectivity index is 1.09. The molecule has 81 heavy (non-hydrogen) atoms. The highest BCUT2D eigenvalue weighted by Gasteiger charge is 2.27. The second-order valence-electron chi connectivity index (χ2n) is 20.8. The fraction of sp³-hybridized carbons (Fsp3) is 0. The Morgan fingerprint density at radius 2 is 0.556 bits per heavy atom. The fourth-order valence-corrected chi connectivity index (χ4v) is 12.7. The first-order valence-electron chi connectivity index (χ1n) is 27.7. The Kier molecular flexibility index (Phi) is 10.8. The van der Waals surface area contributed by atoms with E-state index in [0.717, 1.165) is 100 Å². The van der Waals surface area contributed by atoms with E-state index in [9.17, 15) is 0 Å². The van der Waals surface area contributed by atoms with E-state index in [2.05, 4.69) is 311 Å². The second-order valence-corrected chi connectivity index (χ2v) is 20.8. The van der Waals surface area contributed by atoms with Gasteiger partial charge < -0.3 is 13.7 Å². The predicted molar refractivity (Wildman–Crippen MR) is 338 cm³/mol. The third-order valence-electron chi connectivity index (χ3n) is 16.3. The summed E-state index contributed by atoms with van der Waals surface area (Å²) in [5.74, 6) is 0.627. The predicted octanol–water partition coefficient (Wildman–Crippen LogP) is 19.8. The van der Waals surface area contributed by atoms with Crippen molar-refractivity contribution in [3.8, 4) is 84.3 Å². The normalized spacial score (nSPS) is 11.7. The van der Waals surface area contributed by atoms with E-state index < -0.39 is 0 Å². The van der Waals surface area contributed by atoms with Crippen LogP contribution >= 0.6 is 0 Å². The summed E-state index contributed by atoms with van der Waals surface area (Å²) in [5.41, 5.74) is 21.1. The molecule has 5 heteroatoms. The summed E-state index contributed by atoms with van der Waals surface area (Å²) in [6.45, 7) is 0. The van der Waals surface area contributed by atoms with Crippen LogP contribution in [0.1, 0.15) is 0 Å². The van der Waals surface area contributed by atoms with Gasteiger partial charge in [-0.2, -0.15) is 0 Å². The van der Waals surface area contributed by atoms with Gasteiger partial charge in [-0.25, -0.2) is 9.97 Å². The molecule has 4 aromatic heterocycles. The Bertz CT molecular complexity index is 4760. The van der Waals surface area contributed by atoms with E-state index in [1.165, 1.54) is 43.4 Å². The minimum Gasteiger partial charge on any atom is -0.309 e. The zero-order valence-electron chi connectivity index (χ0n) is 44.0. The Hall–Kier alpha value is -10.9. The van der Waals surface area contributed by atoms with Crippen molar-refractivity contribution in [3.05, 3.63) is 297 Å². The van der Waals surface area contributed by atoms with Crippen LogP contribution in [0, 0.1) is 0 Å². The molecular formula is C76H49N5. The van der Waals surface area contributed by atoms with Gasteiger partial charge >= 0.3 is 0 Å². The van der Waals surface area contributed by atoms with Crippen molar-refractivity contribution in [2.75, 3.05) is 0 Å². The number of aromatic nitrogens is 5. The molecule has 0 saturated carbocycles. The quantitative estimate of drug-likeness (QED) is 0.145. The largest absolute Gasteiger partial charge is 0.309 e. The number of benzene rings is 12. The summed E-state index contributed by atoms with van der Waals surface area (Å²) in [5, 5.41) is 7.15. The molecule has 0 spiro atoms. The SMILES string of the molecule is c1ccc(-c2ccc3c(c2)c2ccccc2n3-c2c(-c3ccccc3-n3c4ccccc4c4ccccc43)cc(-c3nc(-c4ccccc4)cc(-c4ccccc4)n3)cc2-c2ccccc2-n2c3ccccc3c3ccccc32)cc1. The Labute approximate surface area is 468 Å². The molecule has 16 aromatic rings. The van der Waals surface area contributed by atoms with Gasteiger partial charge in [-0.3, -0.25) is 0 Å². The van der Waals surface area contributed by atoms with E-state index in [1.807, 2.05) is 0 Å². The minimum atomic E-state index is 0.627. The molecule has 0 amide bonds. The average Bonchev–Trinajstić information content (AvgIpc) is 4.31. The third-order valence-corrected chi connectivity index (χ3v) is 16.3. The van der Waals surface area contributed by atoms with Crippen molar-refractivity contribution >= 4 is 65.4 Å². The lowest BCUT2D eigenvalue weighted by atomic mass is 9.90. The molecule has 378 valence electrons. The molecular weight excluding hydrogens is 983 g/mol. The van der Waals surface area contributed by atoms with Crippen molar-refractivity contribution in [1.82, 2.24) is 23.7 Å². The molecule has 16 rings (SSSR count). The van der Waals surface area contributed by atoms with Gasteiger partial charge in [0.2, 0.25) is 0 Å². The summed E-state index contributed by atoms with van der Waals surface area (Å²) in [4.78, 5) is 11.2. The van der Waals surface area contributed by atoms with Gasteiger partial charge in [-0.15, -0.1) is 0 Å². The van der Waals surface area contributed by atoms with Crippen molar-refractivity contribution in [1.29, 1.82) is 0 Å². The molecule has 0 fully saturated rings. The zero-order chi connectivity index (χ0) is 53.4. The van der Waals surface area contributed by atoms with E-state index in [4.69, 9.17) is 9.97 Å². The first kappa shape index (κ1) is 46.2. The van der Waals surface area contributed by atoms with E-state index in [-0.39, 0.29) is 0 Å². The average molecular weight is 1030 g/mol. The van der Waals surface area contributed by atoms with Crippen LogP contribution in [0.25, 0.3) is 150 Å². The fourth-order valence-electron chi connectivity index (χ4n) is 12.7. The lowest BCUT2D eigenvalue weighted by Gasteiger charge is -2.24. The van der Waals surface area contributed by atoms with Crippen LogP contribution in [0.3, 0.4) is 0 Å². The lowest BCUT2D eigenvalue weighted by Crippen LogP contribution is -2.06. The van der Waals surface area contributed by atoms with Gasteiger partial charge in [0.05, 0.1) is 61.6 Å². The molecule has 0 atom stereocenters. The molecule has 0 bridgehead atoms. The number of rotatable bonds is 9. The molecule has 5 nitrogen and oxygen atoms in total. The maximum absolute atomic E-state index is 5.58. The number of nitrogens with zero attached hydrogens (tertiary/aromatic N) is 5. The van der Waals surface area contributed by atoms with Gasteiger partial charge in [0.15, 0.2) is 5.82 Å². The zero-order valence-corrected chi connectivity index (χ0v) is 44.0. The van der Waals surface area contributed by atoms with Crippen molar-refractivity contribution in [2.24, 2.45) is 0 Å². The molecule has 4 heterocycles. The van der Waals surface area contributed by atoms with Crippen LogP contribution in [0.15, 0.2) is 297 Å². The van der Waals surface area contributed by atoms with Gasteiger partial charge in [0.1, 0.15) is 0 Å². The van der Waals surface area contributed by atoms with Crippen molar-refractivity contribution in [2.45, 2.75) is 0 Å². The van der Waals surface area contributed by atoms with Crippen LogP contribution in [-0.4, -0.2) is 23.7 Å². The summed E-state index contributed by atoms with van der Waals surface area (Å²) in [6.07, 6.45) is 0. The van der Waals surface area contributed by atoms with Gasteiger partial charge in [0.25, 0.3) is 0 Å². The van der Waals surface area contributed by atoms with Crippen LogP contribution < -0.4 is 0 Å². The Morgan fingerprint density at radius 1 is 0.210 bits per heavy atom.